The second-order valence-corrected chi connectivity index (χ2v) is 9.17. The van der Waals surface area contributed by atoms with Crippen molar-refractivity contribution in [3.05, 3.63) is 84.1 Å². The molecule has 2 fully saturated rings. The van der Waals surface area contributed by atoms with E-state index in [0.717, 1.165) is 22.3 Å². The molecule has 2 aliphatic heterocycles. The highest BCUT2D eigenvalue weighted by Gasteiger charge is 2.42. The van der Waals surface area contributed by atoms with Gasteiger partial charge >= 0.3 is 0 Å². The van der Waals surface area contributed by atoms with E-state index >= 15 is 0 Å². The number of hydrogen-bond acceptors (Lipinski definition) is 5. The zero-order chi connectivity index (χ0) is 23.8. The molecule has 0 spiro atoms. The molecule has 0 bridgehead atoms. The van der Waals surface area contributed by atoms with Crippen LogP contribution < -0.4 is 0 Å². The number of hydrogen-bond donors (Lipinski definition) is 1. The van der Waals surface area contributed by atoms with Crippen molar-refractivity contribution < 1.29 is 9.59 Å². The second-order valence-electron chi connectivity index (χ2n) is 9.17. The number of fused-ring (bicyclic) bond motifs is 2. The topological polar surface area (TPSA) is 95.1 Å². The maximum atomic E-state index is 13.0. The Balaban J connectivity index is 1.05. The van der Waals surface area contributed by atoms with E-state index in [0.29, 0.717) is 49.1 Å². The van der Waals surface area contributed by atoms with E-state index in [2.05, 4.69) is 20.4 Å². The van der Waals surface area contributed by atoms with Gasteiger partial charge in [0.05, 0.1) is 5.69 Å². The molecule has 2 atom stereocenters. The van der Waals surface area contributed by atoms with Crippen LogP contribution in [0.5, 0.6) is 0 Å². The number of carbonyl (C=O) groups excluding carboxylic acids is 2. The number of pyridine rings is 1. The standard InChI is InChI=1S/C27H24N6O2/c34-26(11-6-18-4-7-19(8-5-18)23-3-1-2-12-28-23)32-14-21-16-33(17-22(21)15-32)27(35)20-9-10-24-25(13-20)30-31-29-24/h1-13,21-22H,14-17H2,(H,29,30,31)/t21-,22-/m1/s1. The van der Waals surface area contributed by atoms with Gasteiger partial charge in [0.2, 0.25) is 5.91 Å². The molecule has 0 radical (unpaired) electrons. The van der Waals surface area contributed by atoms with E-state index in [4.69, 9.17) is 0 Å². The lowest BCUT2D eigenvalue weighted by atomic mass is 10.0. The van der Waals surface area contributed by atoms with Crippen molar-refractivity contribution in [3.63, 3.8) is 0 Å². The summed E-state index contributed by atoms with van der Waals surface area (Å²) in [6.45, 7) is 2.70. The molecule has 2 saturated heterocycles. The first-order valence-corrected chi connectivity index (χ1v) is 11.7. The summed E-state index contributed by atoms with van der Waals surface area (Å²) in [7, 11) is 0. The molecule has 2 aromatic heterocycles. The molecular formula is C27H24N6O2. The van der Waals surface area contributed by atoms with Crippen molar-refractivity contribution in [1.82, 2.24) is 30.2 Å². The molecule has 2 aliphatic rings. The lowest BCUT2D eigenvalue weighted by Gasteiger charge is -2.21. The summed E-state index contributed by atoms with van der Waals surface area (Å²) >= 11 is 0. The van der Waals surface area contributed by atoms with Gasteiger partial charge in [-0.1, -0.05) is 30.3 Å². The Morgan fingerprint density at radius 3 is 2.34 bits per heavy atom. The molecule has 2 aromatic carbocycles. The van der Waals surface area contributed by atoms with E-state index in [1.54, 1.807) is 24.4 Å². The quantitative estimate of drug-likeness (QED) is 0.468. The maximum absolute atomic E-state index is 13.0. The molecule has 4 heterocycles. The number of nitrogens with zero attached hydrogens (tertiary/aromatic N) is 5. The number of rotatable bonds is 4. The predicted molar refractivity (Wildman–Crippen MR) is 132 cm³/mol. The third kappa shape index (κ3) is 4.19. The number of carbonyl (C=O) groups is 2. The first-order chi connectivity index (χ1) is 17.1. The van der Waals surface area contributed by atoms with Crippen molar-refractivity contribution in [2.24, 2.45) is 11.8 Å². The molecule has 8 nitrogen and oxygen atoms in total. The Labute approximate surface area is 202 Å². The third-order valence-corrected chi connectivity index (χ3v) is 6.94. The molecule has 1 N–H and O–H groups in total. The van der Waals surface area contributed by atoms with Gasteiger partial charge in [-0.2, -0.15) is 15.4 Å². The van der Waals surface area contributed by atoms with Gasteiger partial charge in [-0.05, 0) is 42.0 Å². The summed E-state index contributed by atoms with van der Waals surface area (Å²) in [5.74, 6) is 0.647. The zero-order valence-corrected chi connectivity index (χ0v) is 19.0. The van der Waals surface area contributed by atoms with Gasteiger partial charge in [-0.3, -0.25) is 14.6 Å². The highest BCUT2D eigenvalue weighted by atomic mass is 16.2. The molecule has 6 rings (SSSR count). The van der Waals surface area contributed by atoms with Gasteiger partial charge in [0.1, 0.15) is 11.0 Å². The average molecular weight is 465 g/mol. The van der Waals surface area contributed by atoms with Crippen molar-refractivity contribution in [2.45, 2.75) is 0 Å². The fraction of sp³-hybridized carbons (Fsp3) is 0.222. The van der Waals surface area contributed by atoms with Crippen LogP contribution in [0.15, 0.2) is 72.9 Å². The molecule has 8 heteroatoms. The van der Waals surface area contributed by atoms with Crippen LogP contribution in [0, 0.1) is 11.8 Å². The average Bonchev–Trinajstić information content (AvgIpc) is 3.62. The Morgan fingerprint density at radius 1 is 0.857 bits per heavy atom. The van der Waals surface area contributed by atoms with E-state index in [9.17, 15) is 9.59 Å². The fourth-order valence-electron chi connectivity index (χ4n) is 5.07. The van der Waals surface area contributed by atoms with E-state index in [1.807, 2.05) is 64.4 Å². The van der Waals surface area contributed by atoms with E-state index in [-0.39, 0.29) is 11.8 Å². The predicted octanol–water partition coefficient (Wildman–Crippen LogP) is 3.26. The summed E-state index contributed by atoms with van der Waals surface area (Å²) in [5.41, 5.74) is 4.99. The van der Waals surface area contributed by atoms with Crippen molar-refractivity contribution >= 4 is 28.9 Å². The highest BCUT2D eigenvalue weighted by molar-refractivity contribution is 5.97. The Bertz CT molecular complexity index is 1400. The molecule has 2 amide bonds. The van der Waals surface area contributed by atoms with Crippen LogP contribution in [0.2, 0.25) is 0 Å². The van der Waals surface area contributed by atoms with Crippen molar-refractivity contribution in [1.29, 1.82) is 0 Å². The van der Waals surface area contributed by atoms with E-state index < -0.39 is 0 Å². The lowest BCUT2D eigenvalue weighted by Crippen LogP contribution is -2.35. The summed E-state index contributed by atoms with van der Waals surface area (Å²) in [5, 5.41) is 10.7. The van der Waals surface area contributed by atoms with Gasteiger partial charge in [0, 0.05) is 61.4 Å². The monoisotopic (exact) mass is 464 g/mol. The molecular weight excluding hydrogens is 440 g/mol. The largest absolute Gasteiger partial charge is 0.338 e. The smallest absolute Gasteiger partial charge is 0.253 e. The van der Waals surface area contributed by atoms with Crippen molar-refractivity contribution in [3.8, 4) is 11.3 Å². The third-order valence-electron chi connectivity index (χ3n) is 6.94. The number of aromatic nitrogens is 4. The first-order valence-electron chi connectivity index (χ1n) is 11.7. The second kappa shape index (κ2) is 8.79. The Hall–Kier alpha value is -4.33. The molecule has 0 aliphatic carbocycles. The molecule has 174 valence electrons. The Kier molecular flexibility index (Phi) is 5.33. The number of benzene rings is 2. The number of aromatic amines is 1. The lowest BCUT2D eigenvalue weighted by molar-refractivity contribution is -0.125. The summed E-state index contributed by atoms with van der Waals surface area (Å²) in [4.78, 5) is 34.0. The number of amides is 2. The van der Waals surface area contributed by atoms with Gasteiger partial charge in [-0.25, -0.2) is 0 Å². The Morgan fingerprint density at radius 2 is 1.60 bits per heavy atom. The van der Waals surface area contributed by atoms with Crippen LogP contribution in [0.3, 0.4) is 0 Å². The van der Waals surface area contributed by atoms with Crippen LogP contribution in [-0.4, -0.2) is 68.2 Å². The van der Waals surface area contributed by atoms with Gasteiger partial charge in [0.25, 0.3) is 5.91 Å². The fourth-order valence-corrected chi connectivity index (χ4v) is 5.07. The van der Waals surface area contributed by atoms with Gasteiger partial charge in [-0.15, -0.1) is 0 Å². The van der Waals surface area contributed by atoms with Crippen molar-refractivity contribution in [2.75, 3.05) is 26.2 Å². The number of likely N-dealkylation sites (tertiary alicyclic amines) is 2. The molecule has 35 heavy (non-hydrogen) atoms. The van der Waals surface area contributed by atoms with Crippen LogP contribution in [0.4, 0.5) is 0 Å². The summed E-state index contributed by atoms with van der Waals surface area (Å²) in [6, 6.07) is 19.2. The number of nitrogens with one attached hydrogen (secondary N) is 1. The highest BCUT2D eigenvalue weighted by Crippen LogP contribution is 2.32. The van der Waals surface area contributed by atoms with Crippen LogP contribution >= 0.6 is 0 Å². The van der Waals surface area contributed by atoms with Crippen LogP contribution in [-0.2, 0) is 4.79 Å². The van der Waals surface area contributed by atoms with Gasteiger partial charge < -0.3 is 9.80 Å². The van der Waals surface area contributed by atoms with Crippen LogP contribution in [0.1, 0.15) is 15.9 Å². The molecule has 4 aromatic rings. The minimum absolute atomic E-state index is 0.0104. The molecule has 0 saturated carbocycles. The summed E-state index contributed by atoms with van der Waals surface area (Å²) in [6.07, 6.45) is 5.28. The summed E-state index contributed by atoms with van der Waals surface area (Å²) < 4.78 is 0. The van der Waals surface area contributed by atoms with Gasteiger partial charge in [0.15, 0.2) is 0 Å². The zero-order valence-electron chi connectivity index (χ0n) is 19.0. The van der Waals surface area contributed by atoms with Crippen LogP contribution in [0.25, 0.3) is 28.4 Å². The molecule has 0 unspecified atom stereocenters. The normalized spacial score (nSPS) is 19.5. The van der Waals surface area contributed by atoms with E-state index in [1.165, 1.54) is 0 Å². The first kappa shape index (κ1) is 21.2. The minimum Gasteiger partial charge on any atom is -0.338 e. The number of H-pyrrole nitrogens is 1. The minimum atomic E-state index is 0.0104. The maximum Gasteiger partial charge on any atom is 0.253 e. The SMILES string of the molecule is O=C(C=Cc1ccc(-c2ccccn2)cc1)N1C[C@@H]2CN(C(=O)c3ccc4n[nH]nc4c3)C[C@H]2C1.